The van der Waals surface area contributed by atoms with Crippen LogP contribution in [0.5, 0.6) is 11.5 Å². The summed E-state index contributed by atoms with van der Waals surface area (Å²) in [5.41, 5.74) is 3.27. The van der Waals surface area contributed by atoms with Gasteiger partial charge in [-0.1, -0.05) is 61.2 Å². The molecule has 9 heteroatoms. The zero-order valence-corrected chi connectivity index (χ0v) is 23.1. The van der Waals surface area contributed by atoms with E-state index >= 15 is 0 Å². The first-order valence-electron chi connectivity index (χ1n) is 12.5. The molecule has 0 fully saturated rings. The number of hydrogen-bond acceptors (Lipinski definition) is 8. The van der Waals surface area contributed by atoms with Gasteiger partial charge < -0.3 is 24.4 Å². The summed E-state index contributed by atoms with van der Waals surface area (Å²) in [5, 5.41) is 5.63. The van der Waals surface area contributed by atoms with Gasteiger partial charge >= 0.3 is 5.97 Å². The number of carbonyl (C=O) groups excluding carboxylic acids is 2. The summed E-state index contributed by atoms with van der Waals surface area (Å²) in [7, 11) is 3.14. The number of methoxy groups -OCH3 is 2. The van der Waals surface area contributed by atoms with Gasteiger partial charge in [0.05, 0.1) is 38.0 Å². The third-order valence-electron chi connectivity index (χ3n) is 6.52. The van der Waals surface area contributed by atoms with E-state index < -0.39 is 12.0 Å². The van der Waals surface area contributed by atoms with Crippen molar-refractivity contribution in [2.24, 2.45) is 4.99 Å². The third kappa shape index (κ3) is 5.72. The second kappa shape index (κ2) is 12.2. The fraction of sp³-hybridized carbons (Fsp3) is 0.345. The highest BCUT2D eigenvalue weighted by molar-refractivity contribution is 8.16. The molecule has 0 aromatic heterocycles. The number of hydrogen-bond donors (Lipinski definition) is 1. The predicted octanol–water partition coefficient (Wildman–Crippen LogP) is 5.33. The van der Waals surface area contributed by atoms with Crippen LogP contribution < -0.4 is 14.8 Å². The molecule has 0 spiro atoms. The molecule has 38 heavy (non-hydrogen) atoms. The first-order valence-corrected chi connectivity index (χ1v) is 13.4. The molecule has 2 aliphatic rings. The minimum atomic E-state index is -0.631. The third-order valence-corrected chi connectivity index (χ3v) is 7.41. The maximum absolute atomic E-state index is 13.7. The Labute approximate surface area is 227 Å². The lowest BCUT2D eigenvalue weighted by atomic mass is 9.92. The summed E-state index contributed by atoms with van der Waals surface area (Å²) < 4.78 is 17.1. The monoisotopic (exact) mass is 535 g/mol. The summed E-state index contributed by atoms with van der Waals surface area (Å²) in [6, 6.07) is 14.5. The number of ether oxygens (including phenoxy) is 3. The van der Waals surface area contributed by atoms with Gasteiger partial charge in [-0.05, 0) is 37.3 Å². The zero-order chi connectivity index (χ0) is 27.2. The van der Waals surface area contributed by atoms with E-state index in [1.165, 1.54) is 11.8 Å². The Morgan fingerprint density at radius 2 is 1.87 bits per heavy atom. The Balaban J connectivity index is 1.75. The fourth-order valence-corrected chi connectivity index (χ4v) is 5.41. The molecule has 2 aromatic carbocycles. The molecule has 0 unspecified atom stereocenters. The van der Waals surface area contributed by atoms with Crippen molar-refractivity contribution in [1.29, 1.82) is 0 Å². The number of thioether (sulfide) groups is 1. The largest absolute Gasteiger partial charge is 0.493 e. The minimum Gasteiger partial charge on any atom is -0.493 e. The van der Waals surface area contributed by atoms with Crippen LogP contribution in [0.2, 0.25) is 0 Å². The summed E-state index contributed by atoms with van der Waals surface area (Å²) in [4.78, 5) is 33.2. The second-order valence-corrected chi connectivity index (χ2v) is 9.93. The number of fused-ring (bicyclic) bond motifs is 1. The molecular formula is C29H33N3O5S. The Bertz CT molecular complexity index is 1290. The summed E-state index contributed by atoms with van der Waals surface area (Å²) in [5.74, 6) is 0.464. The highest BCUT2D eigenvalue weighted by Crippen LogP contribution is 2.48. The van der Waals surface area contributed by atoms with Crippen molar-refractivity contribution in [2.45, 2.75) is 52.3 Å². The topological polar surface area (TPSA) is 89.5 Å². The standard InChI is InChI=1S/C29H33N3O5S/c1-6-18(2)30-24(33)15-21-17-38-29-31-19(3)25(28(34)37-16-20-11-8-7-9-12-20)26(32(21)29)22-13-10-14-23(35-4)27(22)36-5/h7-14,17-18,26H,6,15-16H2,1-5H3,(H,30,33)/t18-,26+/m1/s1. The number of rotatable bonds is 10. The number of benzene rings is 2. The lowest BCUT2D eigenvalue weighted by Crippen LogP contribution is -2.39. The number of amides is 1. The summed E-state index contributed by atoms with van der Waals surface area (Å²) >= 11 is 1.43. The quantitative estimate of drug-likeness (QED) is 0.412. The van der Waals surface area contributed by atoms with Crippen LogP contribution in [0.25, 0.3) is 0 Å². The molecule has 0 bridgehead atoms. The van der Waals surface area contributed by atoms with Crippen molar-refractivity contribution >= 4 is 28.8 Å². The van der Waals surface area contributed by atoms with Crippen LogP contribution in [0.15, 0.2) is 75.9 Å². The van der Waals surface area contributed by atoms with Crippen molar-refractivity contribution in [2.75, 3.05) is 14.2 Å². The highest BCUT2D eigenvalue weighted by atomic mass is 32.2. The van der Waals surface area contributed by atoms with Crippen LogP contribution in [-0.4, -0.2) is 42.2 Å². The van der Waals surface area contributed by atoms with Crippen LogP contribution in [0.4, 0.5) is 0 Å². The van der Waals surface area contributed by atoms with Gasteiger partial charge in [0.15, 0.2) is 16.7 Å². The molecule has 0 aliphatic carbocycles. The first kappa shape index (κ1) is 27.3. The van der Waals surface area contributed by atoms with Gasteiger partial charge in [0.1, 0.15) is 6.61 Å². The Morgan fingerprint density at radius 3 is 2.55 bits per heavy atom. The lowest BCUT2D eigenvalue weighted by Gasteiger charge is -2.37. The van der Waals surface area contributed by atoms with E-state index in [0.29, 0.717) is 33.5 Å². The van der Waals surface area contributed by atoms with Crippen molar-refractivity contribution in [3.8, 4) is 11.5 Å². The van der Waals surface area contributed by atoms with Crippen LogP contribution in [-0.2, 0) is 20.9 Å². The van der Waals surface area contributed by atoms with E-state index in [1.807, 2.05) is 66.6 Å². The van der Waals surface area contributed by atoms with E-state index in [-0.39, 0.29) is 25.0 Å². The van der Waals surface area contributed by atoms with Crippen molar-refractivity contribution in [3.63, 3.8) is 0 Å². The Kier molecular flexibility index (Phi) is 8.78. The Morgan fingerprint density at radius 1 is 1.11 bits per heavy atom. The van der Waals surface area contributed by atoms with Gasteiger partial charge in [0, 0.05) is 17.3 Å². The van der Waals surface area contributed by atoms with Crippen LogP contribution in [0, 0.1) is 0 Å². The number of esters is 1. The SMILES string of the molecule is CC[C@@H](C)NC(=O)CC1=CSC2=NC(C)=C(C(=O)OCc3ccccc3)[C@H](c3cccc(OC)c3OC)N12. The molecule has 0 radical (unpaired) electrons. The molecule has 1 amide bonds. The lowest BCUT2D eigenvalue weighted by molar-refractivity contribution is -0.141. The average Bonchev–Trinajstić information content (AvgIpc) is 3.32. The molecule has 2 aromatic rings. The number of para-hydroxylation sites is 1. The van der Waals surface area contributed by atoms with E-state index in [0.717, 1.165) is 17.7 Å². The number of carbonyl (C=O) groups is 2. The molecule has 2 heterocycles. The van der Waals surface area contributed by atoms with E-state index in [9.17, 15) is 9.59 Å². The van der Waals surface area contributed by atoms with Crippen LogP contribution in [0.3, 0.4) is 0 Å². The van der Waals surface area contributed by atoms with Gasteiger partial charge in [-0.15, -0.1) is 0 Å². The summed E-state index contributed by atoms with van der Waals surface area (Å²) in [6.45, 7) is 5.93. The number of allylic oxidation sites excluding steroid dienone is 1. The number of amidine groups is 1. The average molecular weight is 536 g/mol. The fourth-order valence-electron chi connectivity index (χ4n) is 4.45. The first-order chi connectivity index (χ1) is 18.4. The molecule has 2 atom stereocenters. The van der Waals surface area contributed by atoms with Crippen molar-refractivity contribution in [1.82, 2.24) is 10.2 Å². The molecule has 0 saturated heterocycles. The molecule has 200 valence electrons. The van der Waals surface area contributed by atoms with Gasteiger partial charge in [0.25, 0.3) is 0 Å². The number of nitrogens with one attached hydrogen (secondary N) is 1. The van der Waals surface area contributed by atoms with Gasteiger partial charge in [0.2, 0.25) is 5.91 Å². The number of aliphatic imine (C=N–C) groups is 1. The molecule has 2 aliphatic heterocycles. The summed E-state index contributed by atoms with van der Waals surface area (Å²) in [6.07, 6.45) is 0.976. The van der Waals surface area contributed by atoms with Gasteiger partial charge in [-0.3, -0.25) is 4.79 Å². The van der Waals surface area contributed by atoms with E-state index in [1.54, 1.807) is 27.2 Å². The predicted molar refractivity (Wildman–Crippen MR) is 149 cm³/mol. The highest BCUT2D eigenvalue weighted by Gasteiger charge is 2.42. The van der Waals surface area contributed by atoms with Crippen LogP contribution >= 0.6 is 11.8 Å². The minimum absolute atomic E-state index is 0.0617. The second-order valence-electron chi connectivity index (χ2n) is 9.09. The van der Waals surface area contributed by atoms with E-state index in [4.69, 9.17) is 19.2 Å². The van der Waals surface area contributed by atoms with Crippen LogP contribution in [0.1, 0.15) is 50.8 Å². The van der Waals surface area contributed by atoms with Gasteiger partial charge in [-0.2, -0.15) is 0 Å². The smallest absolute Gasteiger partial charge is 0.338 e. The zero-order valence-electron chi connectivity index (χ0n) is 22.3. The van der Waals surface area contributed by atoms with Crippen molar-refractivity contribution < 1.29 is 23.8 Å². The number of nitrogens with zero attached hydrogens (tertiary/aromatic N) is 2. The van der Waals surface area contributed by atoms with E-state index in [2.05, 4.69) is 5.32 Å². The molecule has 8 nitrogen and oxygen atoms in total. The normalized spacial score (nSPS) is 17.3. The maximum atomic E-state index is 13.7. The maximum Gasteiger partial charge on any atom is 0.338 e. The molecule has 0 saturated carbocycles. The van der Waals surface area contributed by atoms with Gasteiger partial charge in [-0.25, -0.2) is 9.79 Å². The molecule has 4 rings (SSSR count). The Hall–Kier alpha value is -3.72. The molecule has 1 N–H and O–H groups in total. The molecular weight excluding hydrogens is 502 g/mol. The van der Waals surface area contributed by atoms with Crippen molar-refractivity contribution in [3.05, 3.63) is 82.0 Å².